The zero-order valence-corrected chi connectivity index (χ0v) is 12.5. The van der Waals surface area contributed by atoms with E-state index in [1.54, 1.807) is 18.9 Å². The first-order chi connectivity index (χ1) is 9.65. The average molecular weight is 309 g/mol. The number of hydrogen-bond acceptors (Lipinski definition) is 6. The van der Waals surface area contributed by atoms with Gasteiger partial charge in [-0.25, -0.2) is 5.84 Å². The second-order valence-corrected chi connectivity index (χ2v) is 5.87. The molecule has 0 saturated heterocycles. The van der Waals surface area contributed by atoms with Crippen molar-refractivity contribution in [3.05, 3.63) is 40.1 Å². The minimum atomic E-state index is -0.269. The van der Waals surface area contributed by atoms with E-state index in [2.05, 4.69) is 5.43 Å². The molecule has 1 amide bonds. The standard InChI is InChI=1S/C13H15N3O2S2/c1-18-9-2-3-10(14)11(6-9)20-7-8-4-5-19-12(8)13(17)16-15/h2-6H,7,14-15H2,1H3,(H,16,17). The highest BCUT2D eigenvalue weighted by Crippen LogP contribution is 2.33. The van der Waals surface area contributed by atoms with E-state index in [0.29, 0.717) is 16.3 Å². The summed E-state index contributed by atoms with van der Waals surface area (Å²) in [5, 5.41) is 1.87. The highest BCUT2D eigenvalue weighted by Gasteiger charge is 2.12. The van der Waals surface area contributed by atoms with Crippen molar-refractivity contribution in [3.63, 3.8) is 0 Å². The highest BCUT2D eigenvalue weighted by molar-refractivity contribution is 7.98. The Kier molecular flexibility index (Phi) is 4.89. The molecule has 0 radical (unpaired) electrons. The predicted molar refractivity (Wildman–Crippen MR) is 82.9 cm³/mol. The molecule has 20 heavy (non-hydrogen) atoms. The fourth-order valence-electron chi connectivity index (χ4n) is 1.64. The molecule has 0 fully saturated rings. The zero-order chi connectivity index (χ0) is 14.5. The molecule has 2 aromatic rings. The van der Waals surface area contributed by atoms with Gasteiger partial charge < -0.3 is 10.5 Å². The molecule has 106 valence electrons. The molecular formula is C13H15N3O2S2. The fraction of sp³-hybridized carbons (Fsp3) is 0.154. The van der Waals surface area contributed by atoms with Crippen molar-refractivity contribution in [3.8, 4) is 5.75 Å². The molecular weight excluding hydrogens is 294 g/mol. The number of hydrazine groups is 1. The number of rotatable bonds is 5. The topological polar surface area (TPSA) is 90.4 Å². The monoisotopic (exact) mass is 309 g/mol. The summed E-state index contributed by atoms with van der Waals surface area (Å²) in [5.74, 6) is 6.29. The molecule has 0 aliphatic heterocycles. The lowest BCUT2D eigenvalue weighted by Crippen LogP contribution is -2.29. The maximum absolute atomic E-state index is 11.6. The van der Waals surface area contributed by atoms with Crippen molar-refractivity contribution in [2.45, 2.75) is 10.6 Å². The summed E-state index contributed by atoms with van der Waals surface area (Å²) in [5.41, 5.74) is 9.71. The normalized spacial score (nSPS) is 10.3. The lowest BCUT2D eigenvalue weighted by molar-refractivity contribution is 0.0957. The smallest absolute Gasteiger partial charge is 0.275 e. The lowest BCUT2D eigenvalue weighted by atomic mass is 10.3. The van der Waals surface area contributed by atoms with Crippen molar-refractivity contribution in [1.29, 1.82) is 0 Å². The summed E-state index contributed by atoms with van der Waals surface area (Å²) in [6.07, 6.45) is 0. The number of carbonyl (C=O) groups excluding carboxylic acids is 1. The summed E-state index contributed by atoms with van der Waals surface area (Å²) in [4.78, 5) is 13.1. The second-order valence-electron chi connectivity index (χ2n) is 3.94. The molecule has 0 bridgehead atoms. The SMILES string of the molecule is COc1ccc(N)c(SCc2ccsc2C(=O)NN)c1. The summed E-state index contributed by atoms with van der Waals surface area (Å²) in [7, 11) is 1.61. The van der Waals surface area contributed by atoms with Crippen molar-refractivity contribution in [1.82, 2.24) is 5.43 Å². The minimum absolute atomic E-state index is 0.269. The van der Waals surface area contributed by atoms with E-state index in [4.69, 9.17) is 16.3 Å². The van der Waals surface area contributed by atoms with Gasteiger partial charge in [-0.15, -0.1) is 23.1 Å². The Morgan fingerprint density at radius 2 is 2.25 bits per heavy atom. The average Bonchev–Trinajstić information content (AvgIpc) is 2.94. The summed E-state index contributed by atoms with van der Waals surface area (Å²) in [6, 6.07) is 7.42. The number of methoxy groups -OCH3 is 1. The van der Waals surface area contributed by atoms with Crippen LogP contribution in [0.5, 0.6) is 5.75 Å². The predicted octanol–water partition coefficient (Wildman–Crippen LogP) is 2.23. The molecule has 0 atom stereocenters. The van der Waals surface area contributed by atoms with Gasteiger partial charge in [0.25, 0.3) is 5.91 Å². The van der Waals surface area contributed by atoms with Crippen molar-refractivity contribution in [2.75, 3.05) is 12.8 Å². The Hall–Kier alpha value is -1.70. The van der Waals surface area contributed by atoms with Gasteiger partial charge in [0.2, 0.25) is 0 Å². The number of thioether (sulfide) groups is 1. The van der Waals surface area contributed by atoms with Crippen LogP contribution >= 0.6 is 23.1 Å². The Balaban J connectivity index is 2.13. The number of nitrogens with one attached hydrogen (secondary N) is 1. The fourth-order valence-corrected chi connectivity index (χ4v) is 3.54. The minimum Gasteiger partial charge on any atom is -0.497 e. The van der Waals surface area contributed by atoms with Crippen LogP contribution in [0.25, 0.3) is 0 Å². The maximum atomic E-state index is 11.6. The van der Waals surface area contributed by atoms with Crippen LogP contribution in [0.2, 0.25) is 0 Å². The van der Waals surface area contributed by atoms with Gasteiger partial charge in [-0.2, -0.15) is 0 Å². The van der Waals surface area contributed by atoms with Crippen LogP contribution in [0.1, 0.15) is 15.2 Å². The van der Waals surface area contributed by atoms with Crippen LogP contribution in [0.15, 0.2) is 34.5 Å². The van der Waals surface area contributed by atoms with E-state index in [0.717, 1.165) is 16.2 Å². The second kappa shape index (κ2) is 6.65. The zero-order valence-electron chi connectivity index (χ0n) is 10.9. The van der Waals surface area contributed by atoms with Crippen LogP contribution in [0.4, 0.5) is 5.69 Å². The van der Waals surface area contributed by atoms with Crippen LogP contribution in [0.3, 0.4) is 0 Å². The van der Waals surface area contributed by atoms with Gasteiger partial charge in [0.05, 0.1) is 12.0 Å². The first-order valence-electron chi connectivity index (χ1n) is 5.79. The van der Waals surface area contributed by atoms with Gasteiger partial charge in [-0.05, 0) is 35.2 Å². The number of amides is 1. The van der Waals surface area contributed by atoms with E-state index in [1.165, 1.54) is 11.3 Å². The number of nitrogen functional groups attached to an aromatic ring is 2. The molecule has 0 unspecified atom stereocenters. The van der Waals surface area contributed by atoms with E-state index in [9.17, 15) is 4.79 Å². The third kappa shape index (κ3) is 3.24. The van der Waals surface area contributed by atoms with Gasteiger partial charge in [-0.3, -0.25) is 10.2 Å². The van der Waals surface area contributed by atoms with Gasteiger partial charge in [0.1, 0.15) is 5.75 Å². The number of hydrogen-bond donors (Lipinski definition) is 3. The molecule has 1 heterocycles. The first kappa shape index (κ1) is 14.7. The number of benzene rings is 1. The molecule has 0 saturated carbocycles. The van der Waals surface area contributed by atoms with Gasteiger partial charge in [-0.1, -0.05) is 0 Å². The molecule has 2 rings (SSSR count). The molecule has 1 aromatic heterocycles. The molecule has 0 spiro atoms. The van der Waals surface area contributed by atoms with E-state index in [-0.39, 0.29) is 5.91 Å². The number of thiophene rings is 1. The van der Waals surface area contributed by atoms with E-state index < -0.39 is 0 Å². The Labute approximate surface area is 125 Å². The summed E-state index contributed by atoms with van der Waals surface area (Å²) in [6.45, 7) is 0. The Bertz CT molecular complexity index is 613. The Morgan fingerprint density at radius 3 is 2.95 bits per heavy atom. The number of ether oxygens (including phenoxy) is 1. The van der Waals surface area contributed by atoms with Crippen molar-refractivity contribution >= 4 is 34.7 Å². The third-order valence-corrected chi connectivity index (χ3v) is 4.76. The van der Waals surface area contributed by atoms with Crippen LogP contribution < -0.4 is 21.7 Å². The first-order valence-corrected chi connectivity index (χ1v) is 7.66. The largest absolute Gasteiger partial charge is 0.497 e. The van der Waals surface area contributed by atoms with Crippen LogP contribution in [-0.4, -0.2) is 13.0 Å². The molecule has 0 aliphatic carbocycles. The van der Waals surface area contributed by atoms with E-state index >= 15 is 0 Å². The quantitative estimate of drug-likeness (QED) is 0.259. The molecule has 7 heteroatoms. The highest BCUT2D eigenvalue weighted by atomic mass is 32.2. The third-order valence-electron chi connectivity index (χ3n) is 2.69. The number of carbonyl (C=O) groups is 1. The van der Waals surface area contributed by atoms with Gasteiger partial charge in [0, 0.05) is 16.3 Å². The number of nitrogens with two attached hydrogens (primary N) is 2. The lowest BCUT2D eigenvalue weighted by Gasteiger charge is -2.08. The van der Waals surface area contributed by atoms with E-state index in [1.807, 2.05) is 29.6 Å². The maximum Gasteiger partial charge on any atom is 0.275 e. The molecule has 5 N–H and O–H groups in total. The van der Waals surface area contributed by atoms with Crippen molar-refractivity contribution < 1.29 is 9.53 Å². The summed E-state index contributed by atoms with van der Waals surface area (Å²) >= 11 is 2.93. The van der Waals surface area contributed by atoms with Gasteiger partial charge >= 0.3 is 0 Å². The molecule has 5 nitrogen and oxygen atoms in total. The number of anilines is 1. The van der Waals surface area contributed by atoms with Crippen LogP contribution in [0, 0.1) is 0 Å². The Morgan fingerprint density at radius 1 is 1.45 bits per heavy atom. The molecule has 0 aliphatic rings. The van der Waals surface area contributed by atoms with Crippen LogP contribution in [-0.2, 0) is 5.75 Å². The molecule has 1 aromatic carbocycles. The van der Waals surface area contributed by atoms with Crippen molar-refractivity contribution in [2.24, 2.45) is 5.84 Å². The summed E-state index contributed by atoms with van der Waals surface area (Å²) < 4.78 is 5.18. The van der Waals surface area contributed by atoms with Gasteiger partial charge in [0.15, 0.2) is 0 Å².